The largest absolute Gasteiger partial charge is 0.444 e. The lowest BCUT2D eigenvalue weighted by atomic mass is 10.2. The molecule has 0 aliphatic carbocycles. The third-order valence-electron chi connectivity index (χ3n) is 2.10. The summed E-state index contributed by atoms with van der Waals surface area (Å²) >= 11 is 0. The van der Waals surface area contributed by atoms with Crippen LogP contribution in [0.5, 0.6) is 0 Å². The maximum Gasteiger partial charge on any atom is 0.408 e. The van der Waals surface area contributed by atoms with Crippen molar-refractivity contribution in [2.75, 3.05) is 19.8 Å². The number of hydrogen-bond donors (Lipinski definition) is 2. The molecule has 0 aliphatic heterocycles. The summed E-state index contributed by atoms with van der Waals surface area (Å²) in [6.45, 7) is 7.44. The normalized spacial score (nSPS) is 14.6. The third-order valence-corrected chi connectivity index (χ3v) is 3.97. The van der Waals surface area contributed by atoms with E-state index in [2.05, 4.69) is 5.32 Å². The number of carbonyl (C=O) groups is 1. The molecular weight excluding hydrogens is 316 g/mol. The first-order chi connectivity index (χ1) is 10.1. The van der Waals surface area contributed by atoms with E-state index in [-0.39, 0.29) is 13.2 Å². The number of hydrogen-bond acceptors (Lipinski definition) is 6. The van der Waals surface area contributed by atoms with Crippen LogP contribution in [0.4, 0.5) is 9.18 Å². The van der Waals surface area contributed by atoms with E-state index in [1.807, 2.05) is 0 Å². The molecule has 0 aromatic rings. The maximum atomic E-state index is 14.1. The van der Waals surface area contributed by atoms with Crippen LogP contribution in [0.15, 0.2) is 11.6 Å². The Kier molecular flexibility index (Phi) is 8.85. The highest BCUT2D eigenvalue weighted by molar-refractivity contribution is 7.58. The van der Waals surface area contributed by atoms with Crippen molar-refractivity contribution < 1.29 is 32.6 Å². The van der Waals surface area contributed by atoms with Gasteiger partial charge in [0.2, 0.25) is 5.57 Å². The highest BCUT2D eigenvalue weighted by Crippen LogP contribution is 2.56. The van der Waals surface area contributed by atoms with Gasteiger partial charge in [-0.2, -0.15) is 4.39 Å². The van der Waals surface area contributed by atoms with E-state index < -0.39 is 37.5 Å². The fourth-order valence-corrected chi connectivity index (χ4v) is 2.72. The Hall–Kier alpha value is -0.950. The Labute approximate surface area is 130 Å². The molecule has 1 atom stereocenters. The van der Waals surface area contributed by atoms with Crippen molar-refractivity contribution in [1.29, 1.82) is 0 Å². The van der Waals surface area contributed by atoms with E-state index in [1.54, 1.807) is 34.6 Å². The van der Waals surface area contributed by atoms with Crippen LogP contribution in [0, 0.1) is 0 Å². The summed E-state index contributed by atoms with van der Waals surface area (Å²) in [6.07, 6.45) is -0.0472. The van der Waals surface area contributed by atoms with Crippen molar-refractivity contribution in [1.82, 2.24) is 5.32 Å². The van der Waals surface area contributed by atoms with Gasteiger partial charge in [-0.1, -0.05) is 0 Å². The molecule has 2 N–H and O–H groups in total. The molecule has 22 heavy (non-hydrogen) atoms. The molecule has 0 radical (unpaired) electrons. The number of carbonyl (C=O) groups excluding carboxylic acids is 1. The minimum Gasteiger partial charge on any atom is -0.444 e. The Morgan fingerprint density at radius 1 is 1.32 bits per heavy atom. The number of rotatable bonds is 8. The van der Waals surface area contributed by atoms with E-state index in [4.69, 9.17) is 13.8 Å². The predicted octanol–water partition coefficient (Wildman–Crippen LogP) is 2.95. The lowest BCUT2D eigenvalue weighted by molar-refractivity contribution is 0.0497. The van der Waals surface area contributed by atoms with Gasteiger partial charge in [0, 0.05) is 0 Å². The van der Waals surface area contributed by atoms with Crippen LogP contribution in [0.25, 0.3) is 0 Å². The summed E-state index contributed by atoms with van der Waals surface area (Å²) in [5.74, 6) is 0. The minimum atomic E-state index is -4.07. The summed E-state index contributed by atoms with van der Waals surface area (Å²) in [5.41, 5.74) is -1.91. The average Bonchev–Trinajstić information content (AvgIpc) is 2.36. The monoisotopic (exact) mass is 341 g/mol. The molecule has 9 heteroatoms. The number of aliphatic hydroxyl groups excluding tert-OH is 1. The molecule has 0 bridgehead atoms. The van der Waals surface area contributed by atoms with Crippen molar-refractivity contribution >= 4 is 13.7 Å². The first-order valence-electron chi connectivity index (χ1n) is 6.95. The van der Waals surface area contributed by atoms with Crippen LogP contribution in [0.3, 0.4) is 0 Å². The second-order valence-corrected chi connectivity index (χ2v) is 7.20. The van der Waals surface area contributed by atoms with E-state index >= 15 is 0 Å². The first kappa shape index (κ1) is 21.0. The lowest BCUT2D eigenvalue weighted by Gasteiger charge is -2.22. The van der Waals surface area contributed by atoms with Gasteiger partial charge in [0.25, 0.3) is 0 Å². The topological polar surface area (TPSA) is 94.1 Å². The zero-order valence-electron chi connectivity index (χ0n) is 13.6. The number of nitrogens with one attached hydrogen (secondary N) is 1. The maximum absolute atomic E-state index is 14.1. The van der Waals surface area contributed by atoms with Crippen LogP contribution in [0.1, 0.15) is 34.6 Å². The molecule has 1 amide bonds. The Morgan fingerprint density at radius 2 is 1.82 bits per heavy atom. The molecule has 0 spiro atoms. The van der Waals surface area contributed by atoms with Crippen LogP contribution >= 0.6 is 7.60 Å². The van der Waals surface area contributed by atoms with Crippen molar-refractivity contribution in [3.8, 4) is 0 Å². The van der Waals surface area contributed by atoms with Gasteiger partial charge >= 0.3 is 13.7 Å². The predicted molar refractivity (Wildman–Crippen MR) is 80.3 cm³/mol. The number of halogens is 1. The molecule has 0 saturated carbocycles. The highest BCUT2D eigenvalue weighted by atomic mass is 31.2. The molecular formula is C13H25FNO6P. The SMILES string of the molecule is CCOP(=O)(OCC)/C(F)=C/C(CO)NC(=O)OC(C)(C)C. The standard InChI is InChI=1S/C13H25FNO6P/c1-6-19-22(18,20-7-2)11(14)8-10(9-16)15-12(17)21-13(3,4)5/h8,10,16H,6-7,9H2,1-5H3,(H,15,17)/b11-8+. The average molecular weight is 341 g/mol. The first-order valence-corrected chi connectivity index (χ1v) is 8.49. The molecule has 0 aromatic heterocycles. The fraction of sp³-hybridized carbons (Fsp3) is 0.769. The molecule has 0 aliphatic rings. The van der Waals surface area contributed by atoms with E-state index in [9.17, 15) is 18.9 Å². The Bertz CT molecular complexity index is 425. The quantitative estimate of drug-likeness (QED) is 0.659. The molecule has 0 fully saturated rings. The molecule has 7 nitrogen and oxygen atoms in total. The Balaban J connectivity index is 5.01. The number of alkyl carbamates (subject to hydrolysis) is 1. The summed E-state index contributed by atoms with van der Waals surface area (Å²) < 4.78 is 40.9. The zero-order chi connectivity index (χ0) is 17.4. The third kappa shape index (κ3) is 7.89. The second-order valence-electron chi connectivity index (χ2n) is 5.26. The summed E-state index contributed by atoms with van der Waals surface area (Å²) in [7, 11) is -4.07. The van der Waals surface area contributed by atoms with Gasteiger partial charge in [0.15, 0.2) is 0 Å². The van der Waals surface area contributed by atoms with Crippen LogP contribution in [0.2, 0.25) is 0 Å². The summed E-state index contributed by atoms with van der Waals surface area (Å²) in [6, 6.07) is -1.12. The summed E-state index contributed by atoms with van der Waals surface area (Å²) in [4.78, 5) is 11.6. The highest BCUT2D eigenvalue weighted by Gasteiger charge is 2.31. The van der Waals surface area contributed by atoms with Gasteiger partial charge in [0.05, 0.1) is 25.9 Å². The Morgan fingerprint density at radius 3 is 2.18 bits per heavy atom. The van der Waals surface area contributed by atoms with Gasteiger partial charge in [-0.3, -0.25) is 4.57 Å². The van der Waals surface area contributed by atoms with E-state index in [1.165, 1.54) is 0 Å². The number of aliphatic hydroxyl groups is 1. The van der Waals surface area contributed by atoms with Gasteiger partial charge in [-0.25, -0.2) is 4.79 Å². The summed E-state index contributed by atoms with van der Waals surface area (Å²) in [5, 5.41) is 11.4. The van der Waals surface area contributed by atoms with Crippen LogP contribution in [-0.2, 0) is 18.3 Å². The van der Waals surface area contributed by atoms with Crippen molar-refractivity contribution in [2.45, 2.75) is 46.3 Å². The fourth-order valence-electron chi connectivity index (χ4n) is 1.36. The molecule has 130 valence electrons. The molecule has 1 unspecified atom stereocenters. The van der Waals surface area contributed by atoms with Gasteiger partial charge in [0.1, 0.15) is 5.60 Å². The van der Waals surface area contributed by atoms with Gasteiger partial charge in [-0.05, 0) is 40.7 Å². The molecule has 0 rings (SSSR count). The molecule has 0 heterocycles. The van der Waals surface area contributed by atoms with Crippen LogP contribution in [-0.4, -0.2) is 42.7 Å². The second kappa shape index (κ2) is 9.25. The van der Waals surface area contributed by atoms with E-state index in [0.29, 0.717) is 0 Å². The van der Waals surface area contributed by atoms with Gasteiger partial charge in [-0.15, -0.1) is 0 Å². The molecule has 0 aromatic carbocycles. The zero-order valence-corrected chi connectivity index (χ0v) is 14.5. The molecule has 0 saturated heterocycles. The van der Waals surface area contributed by atoms with Crippen molar-refractivity contribution in [3.63, 3.8) is 0 Å². The van der Waals surface area contributed by atoms with Crippen molar-refractivity contribution in [2.24, 2.45) is 0 Å². The minimum absolute atomic E-state index is 0.0121. The number of amides is 1. The number of ether oxygens (including phenoxy) is 1. The van der Waals surface area contributed by atoms with Gasteiger partial charge < -0.3 is 24.2 Å². The van der Waals surface area contributed by atoms with E-state index in [0.717, 1.165) is 6.08 Å². The smallest absolute Gasteiger partial charge is 0.408 e. The van der Waals surface area contributed by atoms with Crippen molar-refractivity contribution in [3.05, 3.63) is 11.6 Å². The lowest BCUT2D eigenvalue weighted by Crippen LogP contribution is -2.40. The van der Waals surface area contributed by atoms with Crippen LogP contribution < -0.4 is 5.32 Å².